The van der Waals surface area contributed by atoms with Crippen molar-refractivity contribution >= 4 is 11.8 Å². The lowest BCUT2D eigenvalue weighted by molar-refractivity contribution is 0.0632. The number of carbonyl (C=O) groups is 2. The van der Waals surface area contributed by atoms with Gasteiger partial charge in [0.1, 0.15) is 5.75 Å². The topological polar surface area (TPSA) is 49.9 Å². The van der Waals surface area contributed by atoms with Crippen molar-refractivity contribution in [2.75, 3.05) is 32.8 Å². The molecule has 0 N–H and O–H groups in total. The minimum atomic E-state index is 0.0583. The molecular weight excluding hydrogens is 376 g/mol. The third kappa shape index (κ3) is 4.66. The molecule has 2 aromatic rings. The van der Waals surface area contributed by atoms with Crippen LogP contribution in [0.5, 0.6) is 5.75 Å². The van der Waals surface area contributed by atoms with Gasteiger partial charge in [-0.05, 0) is 56.9 Å². The fourth-order valence-corrected chi connectivity index (χ4v) is 4.41. The van der Waals surface area contributed by atoms with Crippen LogP contribution in [0.25, 0.3) is 0 Å². The summed E-state index contributed by atoms with van der Waals surface area (Å²) >= 11 is 0. The molecule has 0 aromatic heterocycles. The van der Waals surface area contributed by atoms with E-state index in [1.165, 1.54) is 0 Å². The summed E-state index contributed by atoms with van der Waals surface area (Å²) in [6.07, 6.45) is 4.14. The number of likely N-dealkylation sites (tertiary alicyclic amines) is 2. The van der Waals surface area contributed by atoms with Crippen LogP contribution < -0.4 is 4.74 Å². The van der Waals surface area contributed by atoms with E-state index in [1.54, 1.807) is 0 Å². The monoisotopic (exact) mass is 406 g/mol. The Morgan fingerprint density at radius 3 is 2.50 bits per heavy atom. The highest BCUT2D eigenvalue weighted by Gasteiger charge is 2.26. The van der Waals surface area contributed by atoms with Gasteiger partial charge in [-0.25, -0.2) is 0 Å². The summed E-state index contributed by atoms with van der Waals surface area (Å²) < 4.78 is 6.12. The van der Waals surface area contributed by atoms with Crippen molar-refractivity contribution < 1.29 is 14.3 Å². The molecule has 2 heterocycles. The SMILES string of the molecule is Cc1cccc(C(=O)N2CCCC(COc3ccccc3C(=O)N3CCCC3)C2)c1. The van der Waals surface area contributed by atoms with Crippen molar-refractivity contribution in [3.05, 3.63) is 65.2 Å². The molecule has 0 saturated carbocycles. The quantitative estimate of drug-likeness (QED) is 0.749. The second-order valence-electron chi connectivity index (χ2n) is 8.44. The Hall–Kier alpha value is -2.82. The van der Waals surface area contributed by atoms with E-state index in [4.69, 9.17) is 4.74 Å². The van der Waals surface area contributed by atoms with Crippen molar-refractivity contribution in [2.24, 2.45) is 5.92 Å². The summed E-state index contributed by atoms with van der Waals surface area (Å²) in [7, 11) is 0. The molecule has 158 valence electrons. The Bertz CT molecular complexity index is 905. The van der Waals surface area contributed by atoms with Crippen LogP contribution in [0.2, 0.25) is 0 Å². The van der Waals surface area contributed by atoms with Crippen LogP contribution in [-0.4, -0.2) is 54.4 Å². The van der Waals surface area contributed by atoms with Crippen LogP contribution in [0.3, 0.4) is 0 Å². The molecule has 1 unspecified atom stereocenters. The zero-order chi connectivity index (χ0) is 20.9. The minimum absolute atomic E-state index is 0.0583. The number of piperidine rings is 1. The lowest BCUT2D eigenvalue weighted by Gasteiger charge is -2.33. The molecule has 30 heavy (non-hydrogen) atoms. The van der Waals surface area contributed by atoms with Gasteiger partial charge in [-0.15, -0.1) is 0 Å². The standard InChI is InChI=1S/C25H30N2O3/c1-19-8-6-10-21(16-19)24(28)27-15-7-9-20(17-27)18-30-23-12-3-2-11-22(23)25(29)26-13-4-5-14-26/h2-3,6,8,10-12,16,20H,4-5,7,9,13-15,17-18H2,1H3. The Balaban J connectivity index is 1.38. The molecule has 5 nitrogen and oxygen atoms in total. The Labute approximate surface area is 178 Å². The van der Waals surface area contributed by atoms with E-state index in [0.717, 1.165) is 56.4 Å². The third-order valence-electron chi connectivity index (χ3n) is 6.06. The number of aryl methyl sites for hydroxylation is 1. The van der Waals surface area contributed by atoms with Crippen molar-refractivity contribution in [3.8, 4) is 5.75 Å². The van der Waals surface area contributed by atoms with E-state index in [0.29, 0.717) is 24.5 Å². The van der Waals surface area contributed by atoms with Gasteiger partial charge >= 0.3 is 0 Å². The Morgan fingerprint density at radius 2 is 1.70 bits per heavy atom. The second kappa shape index (κ2) is 9.33. The number of amides is 2. The van der Waals surface area contributed by atoms with Gasteiger partial charge < -0.3 is 14.5 Å². The molecule has 2 saturated heterocycles. The largest absolute Gasteiger partial charge is 0.492 e. The van der Waals surface area contributed by atoms with Crippen LogP contribution in [0.15, 0.2) is 48.5 Å². The van der Waals surface area contributed by atoms with Crippen molar-refractivity contribution in [1.82, 2.24) is 9.80 Å². The second-order valence-corrected chi connectivity index (χ2v) is 8.44. The molecule has 0 radical (unpaired) electrons. The zero-order valence-electron chi connectivity index (χ0n) is 17.7. The van der Waals surface area contributed by atoms with Gasteiger partial charge in [-0.1, -0.05) is 29.8 Å². The van der Waals surface area contributed by atoms with Crippen LogP contribution >= 0.6 is 0 Å². The molecule has 0 aliphatic carbocycles. The van der Waals surface area contributed by atoms with Gasteiger partial charge in [-0.3, -0.25) is 9.59 Å². The summed E-state index contributed by atoms with van der Waals surface area (Å²) in [5.74, 6) is 1.06. The minimum Gasteiger partial charge on any atom is -0.492 e. The van der Waals surface area contributed by atoms with E-state index >= 15 is 0 Å². The van der Waals surface area contributed by atoms with Gasteiger partial charge in [0.05, 0.1) is 12.2 Å². The molecule has 2 amide bonds. The van der Waals surface area contributed by atoms with Gasteiger partial charge in [0, 0.05) is 37.7 Å². The van der Waals surface area contributed by atoms with E-state index < -0.39 is 0 Å². The number of benzene rings is 2. The van der Waals surface area contributed by atoms with Crippen molar-refractivity contribution in [3.63, 3.8) is 0 Å². The van der Waals surface area contributed by atoms with Crippen LogP contribution in [-0.2, 0) is 0 Å². The third-order valence-corrected chi connectivity index (χ3v) is 6.06. The molecule has 5 heteroatoms. The molecule has 2 fully saturated rings. The average Bonchev–Trinajstić information content (AvgIpc) is 3.32. The van der Waals surface area contributed by atoms with Gasteiger partial charge in [0.15, 0.2) is 0 Å². The smallest absolute Gasteiger partial charge is 0.257 e. The zero-order valence-corrected chi connectivity index (χ0v) is 17.7. The normalized spacial score (nSPS) is 19.0. The van der Waals surface area contributed by atoms with E-state index in [1.807, 2.05) is 65.3 Å². The predicted octanol–water partition coefficient (Wildman–Crippen LogP) is 4.16. The maximum atomic E-state index is 12.9. The number of carbonyl (C=O) groups excluding carboxylic acids is 2. The van der Waals surface area contributed by atoms with Crippen LogP contribution in [0, 0.1) is 12.8 Å². The van der Waals surface area contributed by atoms with Crippen molar-refractivity contribution in [1.29, 1.82) is 0 Å². The maximum Gasteiger partial charge on any atom is 0.257 e. The number of para-hydroxylation sites is 1. The molecule has 4 rings (SSSR count). The summed E-state index contributed by atoms with van der Waals surface area (Å²) in [6.45, 7) is 5.65. The number of hydrogen-bond donors (Lipinski definition) is 0. The van der Waals surface area contributed by atoms with Crippen LogP contribution in [0.4, 0.5) is 0 Å². The highest BCUT2D eigenvalue weighted by molar-refractivity contribution is 5.97. The Kier molecular flexibility index (Phi) is 6.36. The van der Waals surface area contributed by atoms with Crippen molar-refractivity contribution in [2.45, 2.75) is 32.6 Å². The fraction of sp³-hybridized carbons (Fsp3) is 0.440. The number of ether oxygens (including phenoxy) is 1. The molecule has 2 aliphatic rings. The highest BCUT2D eigenvalue weighted by Crippen LogP contribution is 2.25. The van der Waals surface area contributed by atoms with Gasteiger partial charge in [0.25, 0.3) is 11.8 Å². The first-order valence-electron chi connectivity index (χ1n) is 11.0. The van der Waals surface area contributed by atoms with E-state index in [-0.39, 0.29) is 17.7 Å². The first-order valence-corrected chi connectivity index (χ1v) is 11.0. The number of hydrogen-bond acceptors (Lipinski definition) is 3. The highest BCUT2D eigenvalue weighted by atomic mass is 16.5. The molecule has 0 spiro atoms. The van der Waals surface area contributed by atoms with E-state index in [9.17, 15) is 9.59 Å². The summed E-state index contributed by atoms with van der Waals surface area (Å²) in [5, 5.41) is 0. The Morgan fingerprint density at radius 1 is 0.933 bits per heavy atom. The molecular formula is C25H30N2O3. The molecule has 0 bridgehead atoms. The predicted molar refractivity (Wildman–Crippen MR) is 117 cm³/mol. The van der Waals surface area contributed by atoms with Gasteiger partial charge in [-0.2, -0.15) is 0 Å². The number of nitrogens with zero attached hydrogens (tertiary/aromatic N) is 2. The lowest BCUT2D eigenvalue weighted by Crippen LogP contribution is -2.41. The first-order chi connectivity index (χ1) is 14.6. The lowest BCUT2D eigenvalue weighted by atomic mass is 9.98. The molecule has 1 atom stereocenters. The van der Waals surface area contributed by atoms with E-state index in [2.05, 4.69) is 0 Å². The maximum absolute atomic E-state index is 12.9. The summed E-state index contributed by atoms with van der Waals surface area (Å²) in [4.78, 5) is 29.6. The first kappa shape index (κ1) is 20.5. The average molecular weight is 407 g/mol. The summed E-state index contributed by atoms with van der Waals surface area (Å²) in [5.41, 5.74) is 2.48. The molecule has 2 aliphatic heterocycles. The summed E-state index contributed by atoms with van der Waals surface area (Å²) in [6, 6.07) is 15.3. The fourth-order valence-electron chi connectivity index (χ4n) is 4.41. The van der Waals surface area contributed by atoms with Gasteiger partial charge in [0.2, 0.25) is 0 Å². The number of rotatable bonds is 5. The van der Waals surface area contributed by atoms with Crippen LogP contribution in [0.1, 0.15) is 52.0 Å². The molecule has 2 aromatic carbocycles.